The molecular weight excluding hydrogens is 397 g/mol. The van der Waals surface area contributed by atoms with E-state index in [-0.39, 0.29) is 19.5 Å². The Labute approximate surface area is 178 Å². The Morgan fingerprint density at radius 3 is 0.846 bits per heavy atom. The van der Waals surface area contributed by atoms with Crippen LogP contribution in [0.3, 0.4) is 0 Å². The lowest BCUT2D eigenvalue weighted by Crippen LogP contribution is -2.67. The number of thioether (sulfide) groups is 4. The first-order valence-electron chi connectivity index (χ1n) is 10.6. The minimum atomic E-state index is 0.260. The molecule has 4 fully saturated rings. The zero-order chi connectivity index (χ0) is 19.1. The topological polar surface area (TPSA) is 6.48 Å². The smallest absolute Gasteiger partial charge is 0.0940 e. The molecule has 6 heteroatoms. The van der Waals surface area contributed by atoms with Gasteiger partial charge in [0.25, 0.3) is 0 Å². The molecule has 4 bridgehead atoms. The maximum atomic E-state index is 3.00. The molecule has 0 spiro atoms. The Morgan fingerprint density at radius 1 is 0.500 bits per heavy atom. The van der Waals surface area contributed by atoms with Gasteiger partial charge in [0.05, 0.1) is 19.5 Å². The lowest BCUT2D eigenvalue weighted by atomic mass is 10.0. The molecule has 4 saturated heterocycles. The highest BCUT2D eigenvalue weighted by Crippen LogP contribution is 2.76. The van der Waals surface area contributed by atoms with Gasteiger partial charge >= 0.3 is 0 Å². The van der Waals surface area contributed by atoms with Gasteiger partial charge in [-0.3, -0.25) is 0 Å². The molecule has 4 aliphatic rings. The maximum Gasteiger partial charge on any atom is 0.0940 e. The van der Waals surface area contributed by atoms with Gasteiger partial charge < -0.3 is 0 Å². The van der Waals surface area contributed by atoms with E-state index in [1.807, 2.05) is 0 Å². The Hall–Kier alpha value is 1.32. The van der Waals surface area contributed by atoms with Crippen molar-refractivity contribution in [3.05, 3.63) is 0 Å². The van der Waals surface area contributed by atoms with Gasteiger partial charge in [-0.15, -0.1) is 47.0 Å². The molecule has 0 aromatic heterocycles. The third-order valence-electron chi connectivity index (χ3n) is 7.72. The Balaban J connectivity index is 1.92. The van der Waals surface area contributed by atoms with Crippen LogP contribution in [0, 0.1) is 0 Å². The van der Waals surface area contributed by atoms with Crippen LogP contribution in [-0.2, 0) is 0 Å². The molecule has 0 aromatic carbocycles. The molecule has 0 aliphatic carbocycles. The number of nitrogens with zero attached hydrogens (tertiary/aromatic N) is 2. The van der Waals surface area contributed by atoms with Crippen LogP contribution in [0.2, 0.25) is 0 Å². The van der Waals surface area contributed by atoms with E-state index >= 15 is 0 Å². The van der Waals surface area contributed by atoms with E-state index in [1.165, 1.54) is 25.7 Å². The molecule has 2 nitrogen and oxygen atoms in total. The number of hydrogen-bond acceptors (Lipinski definition) is 6. The highest BCUT2D eigenvalue weighted by molar-refractivity contribution is 8.10. The zero-order valence-electron chi connectivity index (χ0n) is 17.7. The van der Waals surface area contributed by atoms with Crippen LogP contribution in [-0.4, -0.2) is 50.5 Å². The van der Waals surface area contributed by atoms with Crippen molar-refractivity contribution in [2.24, 2.45) is 0 Å². The summed E-state index contributed by atoms with van der Waals surface area (Å²) >= 11 is 9.15. The average molecular weight is 433 g/mol. The summed E-state index contributed by atoms with van der Waals surface area (Å²) in [7, 11) is 0. The van der Waals surface area contributed by atoms with Crippen LogP contribution in [0.1, 0.15) is 81.1 Å². The first-order chi connectivity index (χ1) is 12.2. The minimum Gasteiger partial charge on any atom is -0.205 e. The summed E-state index contributed by atoms with van der Waals surface area (Å²) in [5.74, 6) is 0. The predicted octanol–water partition coefficient (Wildman–Crippen LogP) is 6.47. The van der Waals surface area contributed by atoms with Gasteiger partial charge in [0.15, 0.2) is 0 Å². The second kappa shape index (κ2) is 6.41. The maximum absolute atomic E-state index is 3.00. The minimum absolute atomic E-state index is 0.260. The Kier molecular flexibility index (Phi) is 5.07. The van der Waals surface area contributed by atoms with Crippen LogP contribution < -0.4 is 0 Å². The second-order valence-corrected chi connectivity index (χ2v) is 15.1. The average Bonchev–Trinajstić information content (AvgIpc) is 3.20. The highest BCUT2D eigenvalue weighted by atomic mass is 32.2. The predicted molar refractivity (Wildman–Crippen MR) is 124 cm³/mol. The zero-order valence-corrected chi connectivity index (χ0v) is 20.9. The normalized spacial score (nSPS) is 56.8. The van der Waals surface area contributed by atoms with E-state index in [0.29, 0.717) is 21.0 Å². The van der Waals surface area contributed by atoms with E-state index in [4.69, 9.17) is 0 Å². The first kappa shape index (κ1) is 20.6. The summed E-state index contributed by atoms with van der Waals surface area (Å²) in [4.78, 5) is 1.04. The molecule has 150 valence electrons. The van der Waals surface area contributed by atoms with Crippen molar-refractivity contribution in [1.82, 2.24) is 10.0 Å². The van der Waals surface area contributed by atoms with E-state index in [2.05, 4.69) is 112 Å². The Morgan fingerprint density at radius 2 is 0.692 bits per heavy atom. The van der Waals surface area contributed by atoms with Gasteiger partial charge in [-0.2, -0.15) is 0 Å². The summed E-state index contributed by atoms with van der Waals surface area (Å²) in [6.07, 6.45) is 4.97. The van der Waals surface area contributed by atoms with E-state index < -0.39 is 0 Å². The quantitative estimate of drug-likeness (QED) is 0.487. The van der Waals surface area contributed by atoms with Crippen LogP contribution >= 0.6 is 47.0 Å². The summed E-state index contributed by atoms with van der Waals surface area (Å²) in [6.45, 7) is 19.7. The summed E-state index contributed by atoms with van der Waals surface area (Å²) in [6, 6.07) is 0. The lowest BCUT2D eigenvalue weighted by molar-refractivity contribution is -0.157. The fourth-order valence-corrected chi connectivity index (χ4v) is 14.7. The lowest BCUT2D eigenvalue weighted by Gasteiger charge is -2.52. The van der Waals surface area contributed by atoms with Crippen molar-refractivity contribution in [3.63, 3.8) is 0 Å². The third-order valence-corrected chi connectivity index (χ3v) is 16.2. The number of hydrogen-bond donors (Lipinski definition) is 0. The van der Waals surface area contributed by atoms with Gasteiger partial charge in [0.1, 0.15) is 0 Å². The number of rotatable bonds is 5. The third kappa shape index (κ3) is 2.06. The van der Waals surface area contributed by atoms with Crippen molar-refractivity contribution < 1.29 is 0 Å². The largest absolute Gasteiger partial charge is 0.205 e. The molecule has 26 heavy (non-hydrogen) atoms. The first-order valence-corrected chi connectivity index (χ1v) is 14.1. The standard InChI is InChI=1S/C20H36N2S4/c1-9-17-13(5)24-18(10-2,14(6)23-17)21(17)22-19(11-3)15(7)26-20(22,12-4)16(8)25-19/h13-16H,9-12H2,1-8H3. The van der Waals surface area contributed by atoms with Crippen molar-refractivity contribution in [2.45, 2.75) is 122 Å². The van der Waals surface area contributed by atoms with Gasteiger partial charge in [-0.25, -0.2) is 10.0 Å². The summed E-state index contributed by atoms with van der Waals surface area (Å²) < 4.78 is 0. The van der Waals surface area contributed by atoms with E-state index in [0.717, 1.165) is 0 Å². The molecule has 0 saturated carbocycles. The molecule has 4 rings (SSSR count). The van der Waals surface area contributed by atoms with Gasteiger partial charge in [-0.1, -0.05) is 55.4 Å². The Bertz CT molecular complexity index is 492. The van der Waals surface area contributed by atoms with Crippen LogP contribution in [0.15, 0.2) is 0 Å². The van der Waals surface area contributed by atoms with Crippen molar-refractivity contribution in [3.8, 4) is 0 Å². The molecule has 0 radical (unpaired) electrons. The van der Waals surface area contributed by atoms with E-state index in [9.17, 15) is 0 Å². The number of fused-ring (bicyclic) bond motifs is 5. The van der Waals surface area contributed by atoms with Crippen molar-refractivity contribution in [1.29, 1.82) is 0 Å². The molecule has 4 aliphatic heterocycles. The molecule has 0 N–H and O–H groups in total. The monoisotopic (exact) mass is 432 g/mol. The summed E-state index contributed by atoms with van der Waals surface area (Å²) in [5.41, 5.74) is 0. The molecular formula is C20H36N2S4. The summed E-state index contributed by atoms with van der Waals surface area (Å²) in [5, 5.41) is 8.78. The molecule has 0 aromatic rings. The molecule has 8 atom stereocenters. The molecule has 8 unspecified atom stereocenters. The van der Waals surface area contributed by atoms with Crippen molar-refractivity contribution >= 4 is 47.0 Å². The fourth-order valence-electron chi connectivity index (χ4n) is 6.26. The van der Waals surface area contributed by atoms with E-state index in [1.54, 1.807) is 0 Å². The highest BCUT2D eigenvalue weighted by Gasteiger charge is 2.78. The van der Waals surface area contributed by atoms with Crippen LogP contribution in [0.5, 0.6) is 0 Å². The van der Waals surface area contributed by atoms with Gasteiger partial charge in [0, 0.05) is 21.0 Å². The molecule has 0 amide bonds. The van der Waals surface area contributed by atoms with Gasteiger partial charge in [0.2, 0.25) is 0 Å². The van der Waals surface area contributed by atoms with Gasteiger partial charge in [-0.05, 0) is 25.7 Å². The van der Waals surface area contributed by atoms with Crippen molar-refractivity contribution in [2.75, 3.05) is 0 Å². The second-order valence-electron chi connectivity index (χ2n) is 8.46. The van der Waals surface area contributed by atoms with Crippen LogP contribution in [0.25, 0.3) is 0 Å². The number of hydrazine groups is 1. The van der Waals surface area contributed by atoms with Crippen LogP contribution in [0.4, 0.5) is 0 Å². The fraction of sp³-hybridized carbons (Fsp3) is 1.00. The SMILES string of the molecule is CCC12SC(C)C(CC)(SC1C)N2N1C2(CC)SC(C)C1(CC)SC2C. The molecule has 4 heterocycles.